The van der Waals surface area contributed by atoms with E-state index in [9.17, 15) is 9.59 Å². The number of carbonyl (C=O) groups is 2. The van der Waals surface area contributed by atoms with Crippen molar-refractivity contribution in [3.63, 3.8) is 0 Å². The number of nitrogens with zero attached hydrogens (tertiary/aromatic N) is 3. The van der Waals surface area contributed by atoms with E-state index in [1.54, 1.807) is 15.8 Å². The van der Waals surface area contributed by atoms with Crippen molar-refractivity contribution in [3.8, 4) is 0 Å². The second-order valence-corrected chi connectivity index (χ2v) is 6.40. The standard InChI is InChI=1S/C16H24N4O3/c1-12-8-17-20(9-12)11-15(21)19-6-7-23-14(10-19)16(22)18-13-4-2-3-5-13/h8-9,13-14H,2-7,10-11H2,1H3,(H,18,22)/t14-/m1/s1. The van der Waals surface area contributed by atoms with Crippen molar-refractivity contribution in [2.75, 3.05) is 19.7 Å². The number of nitrogens with one attached hydrogen (secondary N) is 1. The molecule has 23 heavy (non-hydrogen) atoms. The van der Waals surface area contributed by atoms with Crippen LogP contribution in [-0.2, 0) is 20.9 Å². The SMILES string of the molecule is Cc1cnn(CC(=O)N2CCO[C@@H](C(=O)NC3CCCC3)C2)c1. The van der Waals surface area contributed by atoms with Crippen LogP contribution in [0.1, 0.15) is 31.2 Å². The van der Waals surface area contributed by atoms with Gasteiger partial charge in [-0.3, -0.25) is 14.3 Å². The van der Waals surface area contributed by atoms with Crippen LogP contribution in [0.4, 0.5) is 0 Å². The van der Waals surface area contributed by atoms with Gasteiger partial charge in [-0.05, 0) is 25.3 Å². The van der Waals surface area contributed by atoms with Crippen molar-refractivity contribution in [1.82, 2.24) is 20.0 Å². The van der Waals surface area contributed by atoms with Crippen LogP contribution in [0.5, 0.6) is 0 Å². The van der Waals surface area contributed by atoms with Crippen molar-refractivity contribution in [1.29, 1.82) is 0 Å². The third-order valence-corrected chi connectivity index (χ3v) is 4.47. The van der Waals surface area contributed by atoms with E-state index in [0.717, 1.165) is 18.4 Å². The molecule has 1 aliphatic carbocycles. The van der Waals surface area contributed by atoms with Crippen molar-refractivity contribution in [2.24, 2.45) is 0 Å². The summed E-state index contributed by atoms with van der Waals surface area (Å²) in [6.07, 6.45) is 7.43. The summed E-state index contributed by atoms with van der Waals surface area (Å²) in [5.41, 5.74) is 1.02. The number of morpholine rings is 1. The first kappa shape index (κ1) is 16.0. The Balaban J connectivity index is 1.52. The van der Waals surface area contributed by atoms with Gasteiger partial charge in [0, 0.05) is 18.8 Å². The summed E-state index contributed by atoms with van der Waals surface area (Å²) in [7, 11) is 0. The Labute approximate surface area is 136 Å². The first-order valence-corrected chi connectivity index (χ1v) is 8.30. The van der Waals surface area contributed by atoms with Crippen molar-refractivity contribution < 1.29 is 14.3 Å². The fourth-order valence-corrected chi connectivity index (χ4v) is 3.19. The zero-order valence-corrected chi connectivity index (χ0v) is 13.5. The second-order valence-electron chi connectivity index (χ2n) is 6.40. The number of carbonyl (C=O) groups excluding carboxylic acids is 2. The van der Waals surface area contributed by atoms with Crippen LogP contribution >= 0.6 is 0 Å². The van der Waals surface area contributed by atoms with Gasteiger partial charge in [0.05, 0.1) is 19.3 Å². The molecule has 2 amide bonds. The minimum atomic E-state index is -0.562. The molecule has 1 N–H and O–H groups in total. The van der Waals surface area contributed by atoms with Gasteiger partial charge in [-0.2, -0.15) is 5.10 Å². The molecule has 0 unspecified atom stereocenters. The fourth-order valence-electron chi connectivity index (χ4n) is 3.19. The smallest absolute Gasteiger partial charge is 0.251 e. The van der Waals surface area contributed by atoms with Gasteiger partial charge in [0.15, 0.2) is 6.10 Å². The van der Waals surface area contributed by atoms with E-state index in [0.29, 0.717) is 19.7 Å². The van der Waals surface area contributed by atoms with Crippen molar-refractivity contribution >= 4 is 11.8 Å². The van der Waals surface area contributed by atoms with Crippen LogP contribution < -0.4 is 5.32 Å². The molecule has 7 nitrogen and oxygen atoms in total. The summed E-state index contributed by atoms with van der Waals surface area (Å²) in [5, 5.41) is 7.17. The lowest BCUT2D eigenvalue weighted by Crippen LogP contribution is -2.53. The lowest BCUT2D eigenvalue weighted by Gasteiger charge is -2.32. The zero-order valence-electron chi connectivity index (χ0n) is 13.5. The molecule has 2 aliphatic rings. The molecule has 1 aliphatic heterocycles. The van der Waals surface area contributed by atoms with Crippen LogP contribution in [-0.4, -0.2) is 58.3 Å². The van der Waals surface area contributed by atoms with E-state index in [-0.39, 0.29) is 24.4 Å². The fraction of sp³-hybridized carbons (Fsp3) is 0.688. The van der Waals surface area contributed by atoms with Gasteiger partial charge in [-0.25, -0.2) is 0 Å². The summed E-state index contributed by atoms with van der Waals surface area (Å²) >= 11 is 0. The molecular formula is C16H24N4O3. The maximum Gasteiger partial charge on any atom is 0.251 e. The highest BCUT2D eigenvalue weighted by Gasteiger charge is 2.30. The van der Waals surface area contributed by atoms with Gasteiger partial charge in [0.2, 0.25) is 5.91 Å². The van der Waals surface area contributed by atoms with Gasteiger partial charge >= 0.3 is 0 Å². The molecular weight excluding hydrogens is 296 g/mol. The Kier molecular flexibility index (Phi) is 4.95. The third kappa shape index (κ3) is 4.10. The molecule has 3 rings (SSSR count). The Bertz CT molecular complexity index is 565. The molecule has 2 heterocycles. The van der Waals surface area contributed by atoms with E-state index in [1.165, 1.54) is 12.8 Å². The topological polar surface area (TPSA) is 76.5 Å². The molecule has 1 aromatic rings. The predicted octanol–water partition coefficient (Wildman–Crippen LogP) is 0.478. The summed E-state index contributed by atoms with van der Waals surface area (Å²) < 4.78 is 7.18. The number of aryl methyl sites for hydroxylation is 1. The van der Waals surface area contributed by atoms with Gasteiger partial charge in [0.1, 0.15) is 6.54 Å². The predicted molar refractivity (Wildman–Crippen MR) is 83.7 cm³/mol. The Morgan fingerprint density at radius 3 is 2.87 bits per heavy atom. The summed E-state index contributed by atoms with van der Waals surface area (Å²) in [6.45, 7) is 3.37. The average molecular weight is 320 g/mol. The lowest BCUT2D eigenvalue weighted by molar-refractivity contribution is -0.148. The highest BCUT2D eigenvalue weighted by atomic mass is 16.5. The van der Waals surface area contributed by atoms with E-state index in [4.69, 9.17) is 4.74 Å². The lowest BCUT2D eigenvalue weighted by atomic mass is 10.2. The van der Waals surface area contributed by atoms with Crippen LogP contribution in [0.15, 0.2) is 12.4 Å². The molecule has 1 atom stereocenters. The number of rotatable bonds is 4. The first-order chi connectivity index (χ1) is 11.1. The van der Waals surface area contributed by atoms with E-state index >= 15 is 0 Å². The molecule has 0 bridgehead atoms. The Morgan fingerprint density at radius 1 is 1.39 bits per heavy atom. The average Bonchev–Trinajstić information content (AvgIpc) is 3.19. The number of ether oxygens (including phenoxy) is 1. The summed E-state index contributed by atoms with van der Waals surface area (Å²) in [4.78, 5) is 26.4. The van der Waals surface area contributed by atoms with Gasteiger partial charge in [-0.1, -0.05) is 12.8 Å². The normalized spacial score (nSPS) is 22.3. The van der Waals surface area contributed by atoms with E-state index in [1.807, 2.05) is 13.1 Å². The minimum absolute atomic E-state index is 0.0323. The van der Waals surface area contributed by atoms with Gasteiger partial charge in [-0.15, -0.1) is 0 Å². The highest BCUT2D eigenvalue weighted by Crippen LogP contribution is 2.18. The molecule has 0 aromatic carbocycles. The maximum absolute atomic E-state index is 12.4. The van der Waals surface area contributed by atoms with Crippen LogP contribution in [0.2, 0.25) is 0 Å². The molecule has 1 aromatic heterocycles. The molecule has 2 fully saturated rings. The number of amides is 2. The molecule has 1 saturated heterocycles. The van der Waals surface area contributed by atoms with E-state index in [2.05, 4.69) is 10.4 Å². The molecule has 7 heteroatoms. The Hall–Kier alpha value is -1.89. The third-order valence-electron chi connectivity index (χ3n) is 4.47. The first-order valence-electron chi connectivity index (χ1n) is 8.30. The van der Waals surface area contributed by atoms with E-state index < -0.39 is 6.10 Å². The Morgan fingerprint density at radius 2 is 2.17 bits per heavy atom. The van der Waals surface area contributed by atoms with Crippen LogP contribution in [0.25, 0.3) is 0 Å². The van der Waals surface area contributed by atoms with Crippen LogP contribution in [0, 0.1) is 6.92 Å². The quantitative estimate of drug-likeness (QED) is 0.875. The maximum atomic E-state index is 12.4. The minimum Gasteiger partial charge on any atom is -0.365 e. The molecule has 0 radical (unpaired) electrons. The summed E-state index contributed by atoms with van der Waals surface area (Å²) in [6, 6.07) is 0.268. The highest BCUT2D eigenvalue weighted by molar-refractivity contribution is 5.83. The van der Waals surface area contributed by atoms with Gasteiger partial charge in [0.25, 0.3) is 5.91 Å². The molecule has 0 spiro atoms. The molecule has 126 valence electrons. The van der Waals surface area contributed by atoms with Crippen molar-refractivity contribution in [2.45, 2.75) is 51.3 Å². The summed E-state index contributed by atoms with van der Waals surface area (Å²) in [5.74, 6) is -0.126. The molecule has 1 saturated carbocycles. The monoisotopic (exact) mass is 320 g/mol. The second kappa shape index (κ2) is 7.12. The number of hydrogen-bond donors (Lipinski definition) is 1. The van der Waals surface area contributed by atoms with Gasteiger partial charge < -0.3 is 15.0 Å². The van der Waals surface area contributed by atoms with Crippen LogP contribution in [0.3, 0.4) is 0 Å². The number of hydrogen-bond acceptors (Lipinski definition) is 4. The van der Waals surface area contributed by atoms with Crippen molar-refractivity contribution in [3.05, 3.63) is 18.0 Å². The number of aromatic nitrogens is 2. The zero-order chi connectivity index (χ0) is 16.2. The largest absolute Gasteiger partial charge is 0.365 e.